The average Bonchev–Trinajstić information content (AvgIpc) is 2.92. The van der Waals surface area contributed by atoms with Gasteiger partial charge in [0.1, 0.15) is 0 Å². The second kappa shape index (κ2) is 7.10. The molecule has 0 fully saturated rings. The molecular weight excluding hydrogens is 280 g/mol. The molecule has 0 aromatic heterocycles. The molecule has 2 aromatic carbocycles. The number of nitrogens with one attached hydrogen (secondary N) is 1. The number of hydrogen-bond acceptors (Lipinski definition) is 2. The van der Waals surface area contributed by atoms with E-state index in [0.29, 0.717) is 0 Å². The molecule has 2 aromatic rings. The van der Waals surface area contributed by atoms with Gasteiger partial charge in [-0.2, -0.15) is 5.10 Å². The number of allylic oxidation sites excluding steroid dienone is 4. The van der Waals surface area contributed by atoms with E-state index in [1.54, 1.807) is 0 Å². The van der Waals surface area contributed by atoms with E-state index in [1.807, 2.05) is 36.4 Å². The van der Waals surface area contributed by atoms with Gasteiger partial charge in [0.25, 0.3) is 0 Å². The van der Waals surface area contributed by atoms with Crippen LogP contribution in [-0.2, 0) is 0 Å². The second-order valence-electron chi connectivity index (χ2n) is 5.90. The van der Waals surface area contributed by atoms with Gasteiger partial charge in [0.2, 0.25) is 0 Å². The molecule has 0 saturated carbocycles. The number of nitrogens with zero attached hydrogens (tertiary/aromatic N) is 1. The molecule has 116 valence electrons. The largest absolute Gasteiger partial charge is 0.278 e. The molecule has 23 heavy (non-hydrogen) atoms. The van der Waals surface area contributed by atoms with Crippen molar-refractivity contribution < 1.29 is 0 Å². The van der Waals surface area contributed by atoms with E-state index in [-0.39, 0.29) is 0 Å². The Morgan fingerprint density at radius 2 is 1.61 bits per heavy atom. The molecule has 0 saturated heterocycles. The second-order valence-corrected chi connectivity index (χ2v) is 5.90. The summed E-state index contributed by atoms with van der Waals surface area (Å²) in [7, 11) is 0. The van der Waals surface area contributed by atoms with Gasteiger partial charge >= 0.3 is 0 Å². The van der Waals surface area contributed by atoms with Crippen molar-refractivity contribution in [3.05, 3.63) is 89.0 Å². The fourth-order valence-electron chi connectivity index (χ4n) is 2.75. The van der Waals surface area contributed by atoms with Crippen LogP contribution in [0.5, 0.6) is 0 Å². The smallest absolute Gasteiger partial charge is 0.0720 e. The van der Waals surface area contributed by atoms with Gasteiger partial charge in [-0.15, -0.1) is 0 Å². The van der Waals surface area contributed by atoms with Crippen molar-refractivity contribution >= 4 is 11.4 Å². The van der Waals surface area contributed by atoms with Crippen molar-refractivity contribution in [3.8, 4) is 0 Å². The minimum atomic E-state index is 0.878. The molecule has 0 atom stereocenters. The molecule has 0 heterocycles. The van der Waals surface area contributed by atoms with Crippen LogP contribution in [0, 0.1) is 0 Å². The summed E-state index contributed by atoms with van der Waals surface area (Å²) in [5.41, 5.74) is 10.7. The fourth-order valence-corrected chi connectivity index (χ4v) is 2.75. The molecule has 0 unspecified atom stereocenters. The standard InChI is InChI=1S/C21H22N2/c1-16-13-14-19(17(16)2)15-21(18-9-5-3-6-10-18)23-22-20-11-7-4-8-12-20/h3-13,22H,14-15H2,1-2H3. The summed E-state index contributed by atoms with van der Waals surface area (Å²) in [6.45, 7) is 4.39. The normalized spacial score (nSPS) is 14.9. The third-order valence-corrected chi connectivity index (χ3v) is 4.36. The van der Waals surface area contributed by atoms with Gasteiger partial charge in [0.05, 0.1) is 11.4 Å². The van der Waals surface area contributed by atoms with E-state index >= 15 is 0 Å². The van der Waals surface area contributed by atoms with Crippen LogP contribution in [0.4, 0.5) is 5.69 Å². The Bertz CT molecular complexity index is 753. The summed E-state index contributed by atoms with van der Waals surface area (Å²) >= 11 is 0. The molecule has 0 spiro atoms. The number of anilines is 1. The zero-order valence-electron chi connectivity index (χ0n) is 13.7. The molecule has 1 aliphatic carbocycles. The highest BCUT2D eigenvalue weighted by molar-refractivity contribution is 6.02. The van der Waals surface area contributed by atoms with Crippen molar-refractivity contribution in [1.29, 1.82) is 0 Å². The number of hydrogen-bond donors (Lipinski definition) is 1. The fraction of sp³-hybridized carbons (Fsp3) is 0.190. The summed E-state index contributed by atoms with van der Waals surface area (Å²) in [5, 5.41) is 4.70. The molecule has 2 heteroatoms. The summed E-state index contributed by atoms with van der Waals surface area (Å²) in [6, 6.07) is 20.5. The lowest BCUT2D eigenvalue weighted by atomic mass is 9.99. The highest BCUT2D eigenvalue weighted by Gasteiger charge is 2.14. The van der Waals surface area contributed by atoms with E-state index in [0.717, 1.165) is 24.2 Å². The molecule has 0 aliphatic heterocycles. The van der Waals surface area contributed by atoms with Gasteiger partial charge in [-0.25, -0.2) is 0 Å². The first-order valence-electron chi connectivity index (χ1n) is 8.03. The molecule has 3 rings (SSSR count). The quantitative estimate of drug-likeness (QED) is 0.567. The lowest BCUT2D eigenvalue weighted by molar-refractivity contribution is 1.12. The van der Waals surface area contributed by atoms with Crippen LogP contribution in [0.1, 0.15) is 32.3 Å². The van der Waals surface area contributed by atoms with Crippen LogP contribution in [0.15, 0.2) is 88.6 Å². The van der Waals surface area contributed by atoms with Crippen molar-refractivity contribution in [1.82, 2.24) is 0 Å². The maximum Gasteiger partial charge on any atom is 0.0720 e. The lowest BCUT2D eigenvalue weighted by Crippen LogP contribution is -2.06. The molecule has 0 radical (unpaired) electrons. The summed E-state index contributed by atoms with van der Waals surface area (Å²) in [6.07, 6.45) is 4.22. The molecule has 0 amide bonds. The highest BCUT2D eigenvalue weighted by Crippen LogP contribution is 2.29. The van der Waals surface area contributed by atoms with Crippen LogP contribution >= 0.6 is 0 Å². The third kappa shape index (κ3) is 3.78. The van der Waals surface area contributed by atoms with Gasteiger partial charge < -0.3 is 0 Å². The van der Waals surface area contributed by atoms with Crippen LogP contribution in [-0.4, -0.2) is 5.71 Å². The minimum absolute atomic E-state index is 0.878. The Balaban J connectivity index is 1.86. The summed E-state index contributed by atoms with van der Waals surface area (Å²) in [5.74, 6) is 0. The molecule has 0 bridgehead atoms. The Morgan fingerprint density at radius 3 is 2.22 bits per heavy atom. The number of benzene rings is 2. The summed E-state index contributed by atoms with van der Waals surface area (Å²) < 4.78 is 0. The van der Waals surface area contributed by atoms with Crippen molar-refractivity contribution in [2.45, 2.75) is 26.7 Å². The molecular formula is C21H22N2. The van der Waals surface area contributed by atoms with Crippen molar-refractivity contribution in [2.24, 2.45) is 5.10 Å². The first-order chi connectivity index (χ1) is 11.2. The number of rotatable bonds is 5. The van der Waals surface area contributed by atoms with Crippen LogP contribution in [0.2, 0.25) is 0 Å². The monoisotopic (exact) mass is 302 g/mol. The Morgan fingerprint density at radius 1 is 0.957 bits per heavy atom. The van der Waals surface area contributed by atoms with Crippen LogP contribution in [0.25, 0.3) is 0 Å². The lowest BCUT2D eigenvalue weighted by Gasteiger charge is -2.10. The predicted octanol–water partition coefficient (Wildman–Crippen LogP) is 5.56. The topological polar surface area (TPSA) is 24.4 Å². The van der Waals surface area contributed by atoms with E-state index < -0.39 is 0 Å². The first-order valence-corrected chi connectivity index (χ1v) is 8.03. The van der Waals surface area contributed by atoms with E-state index in [4.69, 9.17) is 5.10 Å². The van der Waals surface area contributed by atoms with Crippen molar-refractivity contribution in [3.63, 3.8) is 0 Å². The minimum Gasteiger partial charge on any atom is -0.278 e. The van der Waals surface area contributed by atoms with Crippen LogP contribution in [0.3, 0.4) is 0 Å². The van der Waals surface area contributed by atoms with E-state index in [9.17, 15) is 0 Å². The SMILES string of the molecule is CC1=CCC(CC(=NNc2ccccc2)c2ccccc2)=C1C. The summed E-state index contributed by atoms with van der Waals surface area (Å²) in [4.78, 5) is 0. The average molecular weight is 302 g/mol. The van der Waals surface area contributed by atoms with E-state index in [1.165, 1.54) is 22.3 Å². The maximum atomic E-state index is 4.70. The van der Waals surface area contributed by atoms with Crippen molar-refractivity contribution in [2.75, 3.05) is 5.43 Å². The number of hydrazone groups is 1. The Labute approximate surface area is 138 Å². The highest BCUT2D eigenvalue weighted by atomic mass is 15.3. The molecule has 1 aliphatic rings. The Hall–Kier alpha value is -2.61. The first kappa shape index (κ1) is 15.3. The zero-order valence-corrected chi connectivity index (χ0v) is 13.7. The third-order valence-electron chi connectivity index (χ3n) is 4.36. The van der Waals surface area contributed by atoms with Gasteiger partial charge in [-0.3, -0.25) is 5.43 Å². The van der Waals surface area contributed by atoms with Gasteiger partial charge in [-0.1, -0.05) is 65.8 Å². The number of para-hydroxylation sites is 1. The molecule has 1 N–H and O–H groups in total. The maximum absolute atomic E-state index is 4.70. The van der Waals surface area contributed by atoms with Gasteiger partial charge in [0.15, 0.2) is 0 Å². The van der Waals surface area contributed by atoms with Crippen LogP contribution < -0.4 is 5.43 Å². The van der Waals surface area contributed by atoms with E-state index in [2.05, 4.69) is 49.6 Å². The van der Waals surface area contributed by atoms with Gasteiger partial charge in [-0.05, 0) is 43.5 Å². The predicted molar refractivity (Wildman–Crippen MR) is 98.7 cm³/mol. The zero-order chi connectivity index (χ0) is 16.1. The molecule has 2 nitrogen and oxygen atoms in total. The van der Waals surface area contributed by atoms with Gasteiger partial charge in [0, 0.05) is 6.42 Å². The Kier molecular flexibility index (Phi) is 4.72.